The number of hydrogen-bond acceptors (Lipinski definition) is 12. The minimum atomic E-state index is -1.55. The van der Waals surface area contributed by atoms with E-state index < -0.39 is 80.5 Å². The largest absolute Gasteiger partial charge is 0.463 e. The van der Waals surface area contributed by atoms with Crippen LogP contribution in [0.15, 0.2) is 24.3 Å². The van der Waals surface area contributed by atoms with Crippen molar-refractivity contribution in [2.45, 2.75) is 74.9 Å². The third kappa shape index (κ3) is 6.01. The Morgan fingerprint density at radius 2 is 1.41 bits per heavy atom. The lowest BCUT2D eigenvalue weighted by Crippen LogP contribution is -2.65. The van der Waals surface area contributed by atoms with Gasteiger partial charge in [0.05, 0.1) is 19.8 Å². The number of benzene rings is 1. The smallest absolute Gasteiger partial charge is 0.223 e. The van der Waals surface area contributed by atoms with Gasteiger partial charge in [0.2, 0.25) is 12.2 Å². The molecule has 2 aliphatic heterocycles. The fourth-order valence-corrected chi connectivity index (χ4v) is 3.75. The average Bonchev–Trinajstić information content (AvgIpc) is 2.82. The van der Waals surface area contributed by atoms with E-state index in [0.29, 0.717) is 5.56 Å². The Bertz CT molecular complexity index is 792. The minimum absolute atomic E-state index is 0.0467. The standard InChI is InChI=1S/C21H31NO12/c1-9(25)22-14-17(28)15(26)12(6-23)33-20(14)32-11-4-2-10(3-5-11)8-31-21-19(30)18(29)16(27)13(7-24)34-21/h2-5,12-21,23-24,26-30H,6-8H2,1H3,(H,22,25)/t12?,13?,14?,15-,16-,17-,18+,19?,20+,21?/m1/s1. The van der Waals surface area contributed by atoms with Crippen molar-refractivity contribution in [3.63, 3.8) is 0 Å². The molecule has 3 rings (SSSR count). The van der Waals surface area contributed by atoms with Gasteiger partial charge in [-0.3, -0.25) is 4.79 Å². The third-order valence-electron chi connectivity index (χ3n) is 5.69. The van der Waals surface area contributed by atoms with E-state index in [-0.39, 0.29) is 12.4 Å². The number of ether oxygens (including phenoxy) is 4. The van der Waals surface area contributed by atoms with Gasteiger partial charge in [-0.15, -0.1) is 0 Å². The van der Waals surface area contributed by atoms with Crippen LogP contribution in [0, 0.1) is 0 Å². The zero-order chi connectivity index (χ0) is 25.0. The van der Waals surface area contributed by atoms with Crippen molar-refractivity contribution in [2.24, 2.45) is 0 Å². The molecule has 0 aromatic heterocycles. The van der Waals surface area contributed by atoms with E-state index in [2.05, 4.69) is 5.32 Å². The number of nitrogens with one attached hydrogen (secondary N) is 1. The molecule has 0 radical (unpaired) electrons. The monoisotopic (exact) mass is 489 g/mol. The molecule has 2 heterocycles. The molecular weight excluding hydrogens is 458 g/mol. The summed E-state index contributed by atoms with van der Waals surface area (Å²) >= 11 is 0. The number of carbonyl (C=O) groups is 1. The SMILES string of the molecule is CC(=O)NC1[C@@H](Oc2ccc(COC3OC(CO)[C@@H](O)[C@H](O)C3O)cc2)OC(CO)[C@@H](O)[C@@H]1O. The van der Waals surface area contributed by atoms with Gasteiger partial charge in [0.1, 0.15) is 54.5 Å². The van der Waals surface area contributed by atoms with Gasteiger partial charge in [-0.05, 0) is 17.7 Å². The molecule has 10 atom stereocenters. The van der Waals surface area contributed by atoms with E-state index in [4.69, 9.17) is 18.9 Å². The maximum atomic E-state index is 11.5. The van der Waals surface area contributed by atoms with Gasteiger partial charge in [-0.2, -0.15) is 0 Å². The third-order valence-corrected chi connectivity index (χ3v) is 5.69. The van der Waals surface area contributed by atoms with E-state index in [1.165, 1.54) is 6.92 Å². The fourth-order valence-electron chi connectivity index (χ4n) is 3.75. The number of aliphatic hydroxyl groups excluding tert-OH is 7. The summed E-state index contributed by atoms with van der Waals surface area (Å²) in [6.07, 6.45) is -12.1. The van der Waals surface area contributed by atoms with Crippen molar-refractivity contribution in [2.75, 3.05) is 13.2 Å². The van der Waals surface area contributed by atoms with Crippen LogP contribution in [0.5, 0.6) is 5.75 Å². The van der Waals surface area contributed by atoms with Crippen LogP contribution >= 0.6 is 0 Å². The molecule has 192 valence electrons. The normalized spacial score (nSPS) is 38.4. The Labute approximate surface area is 195 Å². The summed E-state index contributed by atoms with van der Waals surface area (Å²) in [4.78, 5) is 11.5. The first-order valence-corrected chi connectivity index (χ1v) is 10.7. The lowest BCUT2D eigenvalue weighted by molar-refractivity contribution is -0.304. The van der Waals surface area contributed by atoms with Gasteiger partial charge in [0.25, 0.3) is 0 Å². The zero-order valence-electron chi connectivity index (χ0n) is 18.4. The van der Waals surface area contributed by atoms with Gasteiger partial charge in [-0.1, -0.05) is 12.1 Å². The van der Waals surface area contributed by atoms with Crippen LogP contribution in [0.2, 0.25) is 0 Å². The molecule has 0 saturated carbocycles. The van der Waals surface area contributed by atoms with Crippen molar-refractivity contribution in [3.05, 3.63) is 29.8 Å². The maximum Gasteiger partial charge on any atom is 0.223 e. The van der Waals surface area contributed by atoms with Crippen molar-refractivity contribution in [1.29, 1.82) is 0 Å². The minimum Gasteiger partial charge on any atom is -0.463 e. The molecular formula is C21H31NO12. The van der Waals surface area contributed by atoms with Gasteiger partial charge >= 0.3 is 0 Å². The molecule has 13 heteroatoms. The Kier molecular flexibility index (Phi) is 9.17. The summed E-state index contributed by atoms with van der Waals surface area (Å²) in [6, 6.07) is 5.23. The van der Waals surface area contributed by atoms with Crippen LogP contribution in [0.25, 0.3) is 0 Å². The lowest BCUT2D eigenvalue weighted by atomic mass is 9.97. The number of rotatable bonds is 8. The summed E-state index contributed by atoms with van der Waals surface area (Å²) in [5, 5.41) is 71.2. The second-order valence-corrected chi connectivity index (χ2v) is 8.20. The highest BCUT2D eigenvalue weighted by atomic mass is 16.7. The molecule has 8 N–H and O–H groups in total. The van der Waals surface area contributed by atoms with Crippen LogP contribution in [-0.4, -0.2) is 116 Å². The van der Waals surface area contributed by atoms with Crippen LogP contribution < -0.4 is 10.1 Å². The number of carbonyl (C=O) groups excluding carboxylic acids is 1. The first-order chi connectivity index (χ1) is 16.2. The lowest BCUT2D eigenvalue weighted by Gasteiger charge is -2.42. The summed E-state index contributed by atoms with van der Waals surface area (Å²) in [5.41, 5.74) is 0.621. The van der Waals surface area contributed by atoms with E-state index in [0.717, 1.165) is 0 Å². The van der Waals surface area contributed by atoms with Crippen molar-refractivity contribution < 1.29 is 59.5 Å². The van der Waals surface area contributed by atoms with Gasteiger partial charge in [0.15, 0.2) is 6.29 Å². The van der Waals surface area contributed by atoms with Crippen LogP contribution in [0.3, 0.4) is 0 Å². The molecule has 13 nitrogen and oxygen atoms in total. The maximum absolute atomic E-state index is 11.5. The highest BCUT2D eigenvalue weighted by Crippen LogP contribution is 2.26. The molecule has 0 bridgehead atoms. The quantitative estimate of drug-likeness (QED) is 0.178. The van der Waals surface area contributed by atoms with Crippen molar-refractivity contribution >= 4 is 5.91 Å². The summed E-state index contributed by atoms with van der Waals surface area (Å²) in [6.45, 7) is 0.0506. The number of amides is 1. The van der Waals surface area contributed by atoms with Crippen LogP contribution in [-0.2, 0) is 25.6 Å². The molecule has 1 aromatic rings. The highest BCUT2D eigenvalue weighted by Gasteiger charge is 2.46. The first-order valence-electron chi connectivity index (χ1n) is 10.7. The molecule has 1 aromatic carbocycles. The van der Waals surface area contributed by atoms with Gasteiger partial charge in [-0.25, -0.2) is 0 Å². The van der Waals surface area contributed by atoms with Crippen molar-refractivity contribution in [3.8, 4) is 5.75 Å². The van der Waals surface area contributed by atoms with E-state index >= 15 is 0 Å². The molecule has 5 unspecified atom stereocenters. The first kappa shape index (κ1) is 26.7. The van der Waals surface area contributed by atoms with E-state index in [1.54, 1.807) is 24.3 Å². The molecule has 2 fully saturated rings. The second kappa shape index (κ2) is 11.7. The summed E-state index contributed by atoms with van der Waals surface area (Å²) < 4.78 is 22.0. The topological polar surface area (TPSA) is 208 Å². The van der Waals surface area contributed by atoms with E-state index in [9.17, 15) is 40.5 Å². The Morgan fingerprint density at radius 1 is 0.853 bits per heavy atom. The Balaban J connectivity index is 1.61. The number of aliphatic hydroxyl groups is 7. The second-order valence-electron chi connectivity index (χ2n) is 8.20. The molecule has 2 aliphatic rings. The Morgan fingerprint density at radius 3 is 1.97 bits per heavy atom. The molecule has 34 heavy (non-hydrogen) atoms. The van der Waals surface area contributed by atoms with Crippen LogP contribution in [0.1, 0.15) is 12.5 Å². The average molecular weight is 489 g/mol. The fraction of sp³-hybridized carbons (Fsp3) is 0.667. The molecule has 0 aliphatic carbocycles. The Hall–Kier alpha value is -1.91. The highest BCUT2D eigenvalue weighted by molar-refractivity contribution is 5.73. The van der Waals surface area contributed by atoms with E-state index in [1.807, 2.05) is 0 Å². The van der Waals surface area contributed by atoms with Crippen molar-refractivity contribution in [1.82, 2.24) is 5.32 Å². The molecule has 1 amide bonds. The summed E-state index contributed by atoms with van der Waals surface area (Å²) in [7, 11) is 0. The van der Waals surface area contributed by atoms with Gasteiger partial charge in [0, 0.05) is 6.92 Å². The van der Waals surface area contributed by atoms with Gasteiger partial charge < -0.3 is 60.0 Å². The zero-order valence-corrected chi connectivity index (χ0v) is 18.4. The van der Waals surface area contributed by atoms with Crippen LogP contribution in [0.4, 0.5) is 0 Å². The molecule has 0 spiro atoms. The molecule has 2 saturated heterocycles. The predicted molar refractivity (Wildman–Crippen MR) is 111 cm³/mol. The summed E-state index contributed by atoms with van der Waals surface area (Å²) in [5.74, 6) is -0.186. The number of hydrogen-bond donors (Lipinski definition) is 8. The predicted octanol–water partition coefficient (Wildman–Crippen LogP) is -3.67.